The second-order valence-corrected chi connectivity index (χ2v) is 12.6. The number of carboxylic acids is 1. The average molecular weight is 492 g/mol. The molecule has 0 saturated heterocycles. The smallest absolute Gasteiger partial charge is 0.306 e. The van der Waals surface area contributed by atoms with Gasteiger partial charge in [0.1, 0.15) is 5.78 Å². The van der Waals surface area contributed by atoms with Crippen LogP contribution in [0.15, 0.2) is 0 Å². The first-order valence-electron chi connectivity index (χ1n) is 13.7. The minimum Gasteiger partial charge on any atom is -0.550 e. The van der Waals surface area contributed by atoms with Gasteiger partial charge in [0.25, 0.3) is 0 Å². The van der Waals surface area contributed by atoms with Crippen molar-refractivity contribution in [1.29, 1.82) is 0 Å². The van der Waals surface area contributed by atoms with E-state index in [1.807, 2.05) is 0 Å². The molecule has 0 aromatic carbocycles. The van der Waals surface area contributed by atoms with E-state index in [1.165, 1.54) is 0 Å². The number of carboxylic acid groups (broad SMARTS) is 1. The van der Waals surface area contributed by atoms with Crippen LogP contribution in [0.25, 0.3) is 0 Å². The van der Waals surface area contributed by atoms with Gasteiger partial charge in [-0.3, -0.25) is 9.59 Å². The Balaban J connectivity index is 1.40. The van der Waals surface area contributed by atoms with Gasteiger partial charge in [0.2, 0.25) is 0 Å². The van der Waals surface area contributed by atoms with Crippen molar-refractivity contribution >= 4 is 17.7 Å². The third kappa shape index (κ3) is 4.79. The fourth-order valence-corrected chi connectivity index (χ4v) is 9.01. The molecule has 0 aromatic heterocycles. The van der Waals surface area contributed by atoms with Gasteiger partial charge in [-0.1, -0.05) is 20.8 Å². The molecule has 0 aliphatic heterocycles. The zero-order valence-corrected chi connectivity index (χ0v) is 21.5. The van der Waals surface area contributed by atoms with Gasteiger partial charge in [-0.2, -0.15) is 0 Å². The summed E-state index contributed by atoms with van der Waals surface area (Å²) >= 11 is 0. The van der Waals surface area contributed by atoms with Gasteiger partial charge in [0, 0.05) is 18.8 Å². The summed E-state index contributed by atoms with van der Waals surface area (Å²) in [6.45, 7) is 7.04. The van der Waals surface area contributed by atoms with E-state index in [9.17, 15) is 29.7 Å². The first-order chi connectivity index (χ1) is 16.5. The highest BCUT2D eigenvalue weighted by Crippen LogP contribution is 2.68. The molecule has 10 atom stereocenters. The molecule has 0 spiro atoms. The summed E-state index contributed by atoms with van der Waals surface area (Å²) in [5.41, 5.74) is -0.231. The Morgan fingerprint density at radius 1 is 1.14 bits per heavy atom. The standard InChI is InChI=1S/C28H44O7/c1-16(5-4-12-35-25(34)9-8-24(32)33)19-6-7-20-26-21(15-23(31)28(19,20)3)27(2)11-10-18(29)13-17(27)14-22(26)30/h16-17,19-23,26,30-31H,4-15H2,1-3H3,(H,32,33)/p-1. The van der Waals surface area contributed by atoms with Crippen LogP contribution in [0.5, 0.6) is 0 Å². The molecule has 4 aliphatic rings. The molecular formula is C28H43O7-. The Labute approximate surface area is 209 Å². The van der Waals surface area contributed by atoms with Crippen LogP contribution in [0.3, 0.4) is 0 Å². The SMILES string of the molecule is CC(CCCOC(=O)CCC(=O)[O-])C1CCC2C3C(O)CC4CC(=O)CCC4(C)C3CC(O)C12C. The minimum absolute atomic E-state index is 0.0183. The lowest BCUT2D eigenvalue weighted by Gasteiger charge is -2.63. The molecule has 0 bridgehead atoms. The molecule has 10 unspecified atom stereocenters. The first-order valence-corrected chi connectivity index (χ1v) is 13.7. The lowest BCUT2D eigenvalue weighted by atomic mass is 9.43. The molecule has 4 fully saturated rings. The van der Waals surface area contributed by atoms with Gasteiger partial charge < -0.3 is 24.9 Å². The van der Waals surface area contributed by atoms with Crippen LogP contribution in [0.1, 0.15) is 91.4 Å². The Hall–Kier alpha value is -1.47. The number of Topliss-reactive ketones (excluding diaryl/α,β-unsaturated/α-hetero) is 1. The summed E-state index contributed by atoms with van der Waals surface area (Å²) in [5, 5.41) is 33.4. The lowest BCUT2D eigenvalue weighted by molar-refractivity contribution is -0.305. The van der Waals surface area contributed by atoms with Crippen LogP contribution in [0.4, 0.5) is 0 Å². The summed E-state index contributed by atoms with van der Waals surface area (Å²) in [7, 11) is 0. The van der Waals surface area contributed by atoms with E-state index >= 15 is 0 Å². The topological polar surface area (TPSA) is 124 Å². The van der Waals surface area contributed by atoms with E-state index in [2.05, 4.69) is 20.8 Å². The van der Waals surface area contributed by atoms with Gasteiger partial charge in [-0.15, -0.1) is 0 Å². The third-order valence-corrected chi connectivity index (χ3v) is 11.0. The molecule has 7 heteroatoms. The molecular weight excluding hydrogens is 448 g/mol. The van der Waals surface area contributed by atoms with Crippen molar-refractivity contribution in [2.24, 2.45) is 46.3 Å². The van der Waals surface area contributed by atoms with E-state index in [0.717, 1.165) is 25.7 Å². The Morgan fingerprint density at radius 3 is 2.60 bits per heavy atom. The zero-order valence-electron chi connectivity index (χ0n) is 21.5. The quantitative estimate of drug-likeness (QED) is 0.395. The lowest BCUT2D eigenvalue weighted by Crippen LogP contribution is -2.62. The number of esters is 1. The monoisotopic (exact) mass is 491 g/mol. The predicted molar refractivity (Wildman–Crippen MR) is 127 cm³/mol. The highest BCUT2D eigenvalue weighted by Gasteiger charge is 2.65. The van der Waals surface area contributed by atoms with Crippen molar-refractivity contribution in [2.45, 2.75) is 104 Å². The predicted octanol–water partition coefficient (Wildman–Crippen LogP) is 2.65. The molecule has 7 nitrogen and oxygen atoms in total. The molecule has 4 rings (SSSR count). The summed E-state index contributed by atoms with van der Waals surface area (Å²) in [4.78, 5) is 34.3. The molecule has 0 amide bonds. The molecule has 2 N–H and O–H groups in total. The molecule has 198 valence electrons. The number of carbonyl (C=O) groups is 3. The molecule has 4 saturated carbocycles. The van der Waals surface area contributed by atoms with Gasteiger partial charge in [-0.25, -0.2) is 0 Å². The maximum absolute atomic E-state index is 12.2. The van der Waals surface area contributed by atoms with Crippen LogP contribution in [-0.2, 0) is 19.1 Å². The number of hydrogen-bond donors (Lipinski definition) is 2. The van der Waals surface area contributed by atoms with Crippen LogP contribution < -0.4 is 5.11 Å². The van der Waals surface area contributed by atoms with Crippen molar-refractivity contribution < 1.29 is 34.4 Å². The number of fused-ring (bicyclic) bond motifs is 5. The van der Waals surface area contributed by atoms with Gasteiger partial charge in [-0.05, 0) is 97.7 Å². The summed E-state index contributed by atoms with van der Waals surface area (Å²) in [5.74, 6) is 0.171. The van der Waals surface area contributed by atoms with Crippen LogP contribution in [0, 0.1) is 46.3 Å². The second-order valence-electron chi connectivity index (χ2n) is 12.6. The summed E-state index contributed by atoms with van der Waals surface area (Å²) < 4.78 is 5.18. The van der Waals surface area contributed by atoms with E-state index in [1.54, 1.807) is 0 Å². The average Bonchev–Trinajstić information content (AvgIpc) is 3.15. The first kappa shape index (κ1) is 26.6. The number of aliphatic carboxylic acids is 1. The number of ether oxygens (including phenoxy) is 1. The fraction of sp³-hybridized carbons (Fsp3) is 0.893. The van der Waals surface area contributed by atoms with E-state index in [0.29, 0.717) is 49.7 Å². The van der Waals surface area contributed by atoms with Crippen LogP contribution in [-0.4, -0.2) is 46.7 Å². The molecule has 0 aromatic rings. The third-order valence-electron chi connectivity index (χ3n) is 11.0. The van der Waals surface area contributed by atoms with Crippen molar-refractivity contribution in [1.82, 2.24) is 0 Å². The number of rotatable bonds is 8. The number of aliphatic hydroxyl groups excluding tert-OH is 2. The van der Waals surface area contributed by atoms with Crippen LogP contribution >= 0.6 is 0 Å². The van der Waals surface area contributed by atoms with Gasteiger partial charge >= 0.3 is 5.97 Å². The normalized spacial score (nSPS) is 43.6. The Bertz CT molecular complexity index is 826. The zero-order chi connectivity index (χ0) is 25.5. The van der Waals surface area contributed by atoms with Crippen molar-refractivity contribution in [3.8, 4) is 0 Å². The maximum atomic E-state index is 12.2. The fourth-order valence-electron chi connectivity index (χ4n) is 9.01. The van der Waals surface area contributed by atoms with Crippen molar-refractivity contribution in [2.75, 3.05) is 6.61 Å². The van der Waals surface area contributed by atoms with E-state index < -0.39 is 24.1 Å². The van der Waals surface area contributed by atoms with Crippen molar-refractivity contribution in [3.63, 3.8) is 0 Å². The number of aliphatic hydroxyl groups is 2. The van der Waals surface area contributed by atoms with Gasteiger partial charge in [0.05, 0.1) is 25.2 Å². The highest BCUT2D eigenvalue weighted by molar-refractivity contribution is 5.79. The molecule has 4 aliphatic carbocycles. The van der Waals surface area contributed by atoms with E-state index in [4.69, 9.17) is 4.74 Å². The second kappa shape index (κ2) is 10.1. The molecule has 0 radical (unpaired) electrons. The number of ketones is 1. The van der Waals surface area contributed by atoms with Crippen molar-refractivity contribution in [3.05, 3.63) is 0 Å². The minimum atomic E-state index is -1.25. The number of hydrogen-bond acceptors (Lipinski definition) is 7. The summed E-state index contributed by atoms with van der Waals surface area (Å²) in [6, 6.07) is 0. The van der Waals surface area contributed by atoms with E-state index in [-0.39, 0.29) is 54.0 Å². The molecule has 35 heavy (non-hydrogen) atoms. The summed E-state index contributed by atoms with van der Waals surface area (Å²) in [6.07, 6.45) is 5.78. The molecule has 0 heterocycles. The highest BCUT2D eigenvalue weighted by atomic mass is 16.5. The number of carbonyl (C=O) groups excluding carboxylic acids is 3. The largest absolute Gasteiger partial charge is 0.550 e. The Kier molecular flexibility index (Phi) is 7.69. The van der Waals surface area contributed by atoms with Crippen LogP contribution in [0.2, 0.25) is 0 Å². The Morgan fingerprint density at radius 2 is 1.89 bits per heavy atom. The van der Waals surface area contributed by atoms with Gasteiger partial charge in [0.15, 0.2) is 0 Å². The maximum Gasteiger partial charge on any atom is 0.306 e.